The maximum Gasteiger partial charge on any atom is 0.209 e. The number of fused-ring (bicyclic) bond motifs is 1. The van der Waals surface area contributed by atoms with Gasteiger partial charge < -0.3 is 24.3 Å². The number of amides is 1. The van der Waals surface area contributed by atoms with E-state index in [1.54, 1.807) is 14.2 Å². The van der Waals surface area contributed by atoms with Gasteiger partial charge in [0.2, 0.25) is 6.41 Å². The number of methoxy groups -OCH3 is 2. The van der Waals surface area contributed by atoms with Crippen molar-refractivity contribution < 1.29 is 29.4 Å². The Morgan fingerprint density at radius 1 is 1.38 bits per heavy atom. The molecule has 1 unspecified atom stereocenters. The van der Waals surface area contributed by atoms with Crippen molar-refractivity contribution in [2.75, 3.05) is 20.8 Å². The van der Waals surface area contributed by atoms with E-state index in [1.165, 1.54) is 0 Å². The lowest BCUT2D eigenvalue weighted by Crippen LogP contribution is -3.14. The fourth-order valence-electron chi connectivity index (χ4n) is 7.43. The third-order valence-electron chi connectivity index (χ3n) is 8.48. The second-order valence-electron chi connectivity index (χ2n) is 8.94. The SMILES string of the molecule is COc1ccc2c3c1O[C@H]1[C@@]4(OC)C=C[C@@]5(C[C@@H]4[NH+]([O-])O)[C@@H](C2)N(C=O)CC[C@]315. The molecule has 154 valence electrons. The van der Waals surface area contributed by atoms with E-state index in [0.717, 1.165) is 17.5 Å². The highest BCUT2D eigenvalue weighted by atomic mass is 16.8. The number of piperidine rings is 1. The first-order chi connectivity index (χ1) is 14.0. The van der Waals surface area contributed by atoms with Crippen LogP contribution in [0.2, 0.25) is 0 Å². The van der Waals surface area contributed by atoms with Crippen LogP contribution < -0.4 is 14.7 Å². The van der Waals surface area contributed by atoms with E-state index in [1.807, 2.05) is 17.0 Å². The van der Waals surface area contributed by atoms with E-state index < -0.39 is 33.8 Å². The summed E-state index contributed by atoms with van der Waals surface area (Å²) in [6.07, 6.45) is 6.32. The lowest BCUT2D eigenvalue weighted by molar-refractivity contribution is -1.07. The molecule has 7 rings (SSSR count). The monoisotopic (exact) mass is 400 g/mol. The van der Waals surface area contributed by atoms with Crippen LogP contribution in [-0.4, -0.2) is 61.1 Å². The number of nitrogens with zero attached hydrogens (tertiary/aromatic N) is 1. The molecule has 7 atom stereocenters. The predicted molar refractivity (Wildman–Crippen MR) is 99.8 cm³/mol. The summed E-state index contributed by atoms with van der Waals surface area (Å²) in [5.41, 5.74) is 0.318. The van der Waals surface area contributed by atoms with Gasteiger partial charge in [-0.3, -0.25) is 4.79 Å². The van der Waals surface area contributed by atoms with Crippen molar-refractivity contribution in [2.24, 2.45) is 5.41 Å². The van der Waals surface area contributed by atoms with Crippen molar-refractivity contribution >= 4 is 6.41 Å². The Kier molecular flexibility index (Phi) is 3.24. The zero-order valence-corrected chi connectivity index (χ0v) is 16.4. The molecule has 29 heavy (non-hydrogen) atoms. The van der Waals surface area contributed by atoms with Crippen molar-refractivity contribution in [3.8, 4) is 11.5 Å². The fraction of sp³-hybridized carbons (Fsp3) is 0.571. The molecule has 2 heterocycles. The maximum atomic E-state index is 12.4. The summed E-state index contributed by atoms with van der Waals surface area (Å²) < 4.78 is 18.2. The van der Waals surface area contributed by atoms with Crippen LogP contribution in [0.4, 0.5) is 0 Å². The Labute approximate surface area is 168 Å². The number of nitrogens with one attached hydrogen (secondary N) is 1. The number of ether oxygens (including phenoxy) is 3. The molecule has 8 heteroatoms. The molecular formula is C21H24N2O6. The number of rotatable bonds is 4. The van der Waals surface area contributed by atoms with E-state index in [0.29, 0.717) is 37.3 Å². The molecular weight excluding hydrogens is 376 g/mol. The molecule has 4 aliphatic carbocycles. The Balaban J connectivity index is 1.70. The van der Waals surface area contributed by atoms with Gasteiger partial charge in [-0.05, 0) is 30.5 Å². The van der Waals surface area contributed by atoms with E-state index in [4.69, 9.17) is 14.2 Å². The smallest absolute Gasteiger partial charge is 0.209 e. The average molecular weight is 400 g/mol. The summed E-state index contributed by atoms with van der Waals surface area (Å²) in [6.45, 7) is 0.622. The van der Waals surface area contributed by atoms with Crippen LogP contribution in [-0.2, 0) is 21.4 Å². The molecule has 1 saturated heterocycles. The summed E-state index contributed by atoms with van der Waals surface area (Å²) in [4.78, 5) is 13.8. The van der Waals surface area contributed by atoms with Gasteiger partial charge in [0, 0.05) is 37.1 Å². The highest BCUT2D eigenvalue weighted by molar-refractivity contribution is 5.66. The van der Waals surface area contributed by atoms with Gasteiger partial charge >= 0.3 is 0 Å². The Morgan fingerprint density at radius 2 is 2.21 bits per heavy atom. The summed E-state index contributed by atoms with van der Waals surface area (Å²) in [6, 6.07) is 3.14. The minimum atomic E-state index is -1.06. The van der Waals surface area contributed by atoms with Crippen molar-refractivity contribution in [1.82, 2.24) is 4.90 Å². The van der Waals surface area contributed by atoms with Crippen LogP contribution in [0, 0.1) is 10.6 Å². The molecule has 1 amide bonds. The molecule has 2 N–H and O–H groups in total. The molecule has 4 bridgehead atoms. The largest absolute Gasteiger partial charge is 0.600 e. The van der Waals surface area contributed by atoms with E-state index in [-0.39, 0.29) is 6.04 Å². The topological polar surface area (TPSA) is 95.7 Å². The van der Waals surface area contributed by atoms with E-state index >= 15 is 0 Å². The zero-order chi connectivity index (χ0) is 20.2. The molecule has 8 nitrogen and oxygen atoms in total. The number of carbonyl (C=O) groups excluding carboxylic acids is 1. The highest BCUT2D eigenvalue weighted by Crippen LogP contribution is 2.73. The van der Waals surface area contributed by atoms with Gasteiger partial charge in [0.05, 0.1) is 12.5 Å². The van der Waals surface area contributed by atoms with Gasteiger partial charge in [-0.2, -0.15) is 0 Å². The van der Waals surface area contributed by atoms with Crippen LogP contribution in [0.1, 0.15) is 24.0 Å². The van der Waals surface area contributed by atoms with Crippen LogP contribution in [0.25, 0.3) is 0 Å². The zero-order valence-electron chi connectivity index (χ0n) is 16.4. The van der Waals surface area contributed by atoms with Gasteiger partial charge in [0.15, 0.2) is 23.1 Å². The van der Waals surface area contributed by atoms with Crippen LogP contribution >= 0.6 is 0 Å². The Morgan fingerprint density at radius 3 is 2.90 bits per heavy atom. The fourth-order valence-corrected chi connectivity index (χ4v) is 7.43. The molecule has 6 aliphatic rings. The highest BCUT2D eigenvalue weighted by Gasteiger charge is 2.81. The van der Waals surface area contributed by atoms with Gasteiger partial charge in [0.1, 0.15) is 6.10 Å². The molecule has 2 fully saturated rings. The lowest BCUT2D eigenvalue weighted by atomic mass is 9.38. The van der Waals surface area contributed by atoms with Crippen LogP contribution in [0.5, 0.6) is 11.5 Å². The van der Waals surface area contributed by atoms with Gasteiger partial charge in [-0.1, -0.05) is 12.1 Å². The lowest BCUT2D eigenvalue weighted by Gasteiger charge is -2.70. The van der Waals surface area contributed by atoms with E-state index in [9.17, 15) is 15.2 Å². The average Bonchev–Trinajstić information content (AvgIpc) is 3.10. The number of hydrogen-bond donors (Lipinski definition) is 2. The molecule has 1 aromatic rings. The number of benzene rings is 1. The quantitative estimate of drug-likeness (QED) is 0.419. The van der Waals surface area contributed by atoms with Crippen molar-refractivity contribution in [3.63, 3.8) is 0 Å². The summed E-state index contributed by atoms with van der Waals surface area (Å²) in [7, 11) is 3.19. The molecule has 0 aromatic heterocycles. The maximum absolute atomic E-state index is 12.4. The summed E-state index contributed by atoms with van der Waals surface area (Å²) in [5.74, 6) is 1.38. The Bertz CT molecular complexity index is 949. The van der Waals surface area contributed by atoms with Crippen molar-refractivity contribution in [2.45, 2.75) is 48.5 Å². The number of hydroxylamine groups is 2. The molecule has 1 saturated carbocycles. The minimum Gasteiger partial charge on any atom is -0.600 e. The normalized spacial score (nSPS) is 43.6. The number of carbonyl (C=O) groups is 1. The first-order valence-electron chi connectivity index (χ1n) is 10.1. The van der Waals surface area contributed by atoms with Gasteiger partial charge in [0.25, 0.3) is 0 Å². The van der Waals surface area contributed by atoms with Crippen LogP contribution in [0.3, 0.4) is 0 Å². The van der Waals surface area contributed by atoms with E-state index in [2.05, 4.69) is 12.1 Å². The Hall–Kier alpha value is -2.13. The molecule has 1 aromatic carbocycles. The molecule has 2 aliphatic heterocycles. The summed E-state index contributed by atoms with van der Waals surface area (Å²) in [5, 5.41) is 21.6. The first kappa shape index (κ1) is 17.7. The third-order valence-corrected chi connectivity index (χ3v) is 8.48. The minimum absolute atomic E-state index is 0.0973. The summed E-state index contributed by atoms with van der Waals surface area (Å²) >= 11 is 0. The van der Waals surface area contributed by atoms with Crippen LogP contribution in [0.15, 0.2) is 24.3 Å². The van der Waals surface area contributed by atoms with Gasteiger partial charge in [-0.15, -0.1) is 0 Å². The number of likely N-dealkylation sites (tertiary alicyclic amines) is 1. The van der Waals surface area contributed by atoms with Crippen molar-refractivity contribution in [1.29, 1.82) is 0 Å². The third kappa shape index (κ3) is 1.64. The number of quaternary nitrogens is 1. The predicted octanol–water partition coefficient (Wildman–Crippen LogP) is -0.0336. The second kappa shape index (κ2) is 5.31. The van der Waals surface area contributed by atoms with Gasteiger partial charge in [-0.25, -0.2) is 10.4 Å². The number of hydrogen-bond acceptors (Lipinski definition) is 6. The van der Waals surface area contributed by atoms with Crippen molar-refractivity contribution in [3.05, 3.63) is 40.6 Å². The standard InChI is InChI=1S/C21H24N2O6/c1-27-13-4-3-12-9-14-19-5-6-21(28-2,15(10-19)23(25)26)18-20(19,7-8-22(14)11-24)16(12)17(13)29-18/h3-6,11,14-15,18,23,25H,7-10H2,1-2H3/t14-,15+,18-,19-,20+,21-/m1/s1. The first-order valence-corrected chi connectivity index (χ1v) is 10.1. The second-order valence-corrected chi connectivity index (χ2v) is 8.94. The molecule has 0 radical (unpaired) electrons. The molecule has 2 spiro atoms.